The molecule has 3 aromatic carbocycles. The summed E-state index contributed by atoms with van der Waals surface area (Å²) in [4.78, 5) is 0. The van der Waals surface area contributed by atoms with Crippen molar-refractivity contribution < 1.29 is 4.39 Å². The highest BCUT2D eigenvalue weighted by Crippen LogP contribution is 2.40. The van der Waals surface area contributed by atoms with Crippen LogP contribution in [-0.4, -0.2) is 0 Å². The van der Waals surface area contributed by atoms with Crippen molar-refractivity contribution in [1.29, 1.82) is 0 Å². The third-order valence-corrected chi connectivity index (χ3v) is 3.78. The Balaban J connectivity index is 2.13. The van der Waals surface area contributed by atoms with Gasteiger partial charge in [-0.25, -0.2) is 4.39 Å². The molecule has 0 fully saturated rings. The molecule has 0 bridgehead atoms. The van der Waals surface area contributed by atoms with Gasteiger partial charge in [0.2, 0.25) is 0 Å². The normalized spacial score (nSPS) is 12.5. The molecule has 0 heterocycles. The van der Waals surface area contributed by atoms with Crippen molar-refractivity contribution in [2.24, 2.45) is 0 Å². The summed E-state index contributed by atoms with van der Waals surface area (Å²) in [5, 5.41) is 1.77. The molecular formula is C17H11F. The van der Waals surface area contributed by atoms with Crippen LogP contribution in [0.4, 0.5) is 4.39 Å². The van der Waals surface area contributed by atoms with E-state index in [2.05, 4.69) is 18.2 Å². The molecule has 0 saturated carbocycles. The third-order valence-electron chi connectivity index (χ3n) is 3.78. The lowest BCUT2D eigenvalue weighted by molar-refractivity contribution is 0.639. The van der Waals surface area contributed by atoms with Gasteiger partial charge in [0.25, 0.3) is 0 Å². The first-order chi connectivity index (χ1) is 8.84. The second-order valence-electron chi connectivity index (χ2n) is 4.76. The Bertz CT molecular complexity index is 772. The van der Waals surface area contributed by atoms with E-state index in [1.165, 1.54) is 16.7 Å². The lowest BCUT2D eigenvalue weighted by Crippen LogP contribution is -1.87. The van der Waals surface area contributed by atoms with E-state index < -0.39 is 0 Å². The highest BCUT2D eigenvalue weighted by molar-refractivity contribution is 5.95. The minimum atomic E-state index is -0.114. The predicted octanol–water partition coefficient (Wildman–Crippen LogP) is 4.55. The molecule has 86 valence electrons. The number of fused-ring (bicyclic) bond motifs is 5. The lowest BCUT2D eigenvalue weighted by Gasteiger charge is -2.06. The van der Waals surface area contributed by atoms with Crippen LogP contribution in [0.1, 0.15) is 11.1 Å². The second-order valence-corrected chi connectivity index (χ2v) is 4.76. The van der Waals surface area contributed by atoms with E-state index in [1.54, 1.807) is 12.1 Å². The minimum Gasteiger partial charge on any atom is -0.206 e. The topological polar surface area (TPSA) is 0 Å². The summed E-state index contributed by atoms with van der Waals surface area (Å²) in [6.07, 6.45) is 0.837. The zero-order chi connectivity index (χ0) is 12.1. The Kier molecular flexibility index (Phi) is 1.87. The number of hydrogen-bond donors (Lipinski definition) is 0. The van der Waals surface area contributed by atoms with Crippen LogP contribution in [0.15, 0.2) is 54.6 Å². The quantitative estimate of drug-likeness (QED) is 0.418. The second kappa shape index (κ2) is 3.42. The SMILES string of the molecule is Fc1cccc2ccc3c(c12)Cc1ccccc1-3. The fourth-order valence-corrected chi connectivity index (χ4v) is 2.97. The first kappa shape index (κ1) is 9.84. The third kappa shape index (κ3) is 1.19. The molecule has 0 aromatic heterocycles. The molecule has 0 N–H and O–H groups in total. The largest absolute Gasteiger partial charge is 0.206 e. The lowest BCUT2D eigenvalue weighted by atomic mass is 9.99. The Labute approximate surface area is 105 Å². The fourth-order valence-electron chi connectivity index (χ4n) is 2.97. The summed E-state index contributed by atoms with van der Waals surface area (Å²) in [5.74, 6) is -0.114. The molecule has 0 atom stereocenters. The summed E-state index contributed by atoms with van der Waals surface area (Å²) in [5.41, 5.74) is 4.86. The maximum absolute atomic E-state index is 14.1. The van der Waals surface area contributed by atoms with Gasteiger partial charge in [0, 0.05) is 5.39 Å². The number of hydrogen-bond acceptors (Lipinski definition) is 0. The van der Waals surface area contributed by atoms with E-state index in [9.17, 15) is 4.39 Å². The van der Waals surface area contributed by atoms with E-state index in [0.29, 0.717) is 0 Å². The van der Waals surface area contributed by atoms with E-state index in [1.807, 2.05) is 24.3 Å². The van der Waals surface area contributed by atoms with Crippen LogP contribution < -0.4 is 0 Å². The maximum atomic E-state index is 14.1. The molecule has 0 unspecified atom stereocenters. The standard InChI is InChI=1S/C17H11F/c18-16-7-3-5-11-8-9-14-13-6-2-1-4-12(13)10-15(14)17(11)16/h1-9H,10H2. The highest BCUT2D eigenvalue weighted by atomic mass is 19.1. The van der Waals surface area contributed by atoms with Crippen molar-refractivity contribution in [1.82, 2.24) is 0 Å². The van der Waals surface area contributed by atoms with Gasteiger partial charge in [0.15, 0.2) is 0 Å². The van der Waals surface area contributed by atoms with Crippen LogP contribution in [0.2, 0.25) is 0 Å². The van der Waals surface area contributed by atoms with E-state index in [-0.39, 0.29) is 5.82 Å². The van der Waals surface area contributed by atoms with Gasteiger partial charge < -0.3 is 0 Å². The Morgan fingerprint density at radius 3 is 2.61 bits per heavy atom. The molecular weight excluding hydrogens is 223 g/mol. The summed E-state index contributed by atoms with van der Waals surface area (Å²) in [7, 11) is 0. The molecule has 0 amide bonds. The van der Waals surface area contributed by atoms with Crippen LogP contribution in [0.25, 0.3) is 21.9 Å². The first-order valence-electron chi connectivity index (χ1n) is 6.13. The smallest absolute Gasteiger partial charge is 0.131 e. The van der Waals surface area contributed by atoms with Gasteiger partial charge in [-0.05, 0) is 40.1 Å². The molecule has 3 aromatic rings. The van der Waals surface area contributed by atoms with Gasteiger partial charge in [0.05, 0.1) is 0 Å². The van der Waals surface area contributed by atoms with Crippen molar-refractivity contribution in [2.45, 2.75) is 6.42 Å². The minimum absolute atomic E-state index is 0.114. The number of halogens is 1. The molecule has 18 heavy (non-hydrogen) atoms. The van der Waals surface area contributed by atoms with Crippen molar-refractivity contribution in [3.05, 3.63) is 71.5 Å². The van der Waals surface area contributed by atoms with E-state index in [4.69, 9.17) is 0 Å². The molecule has 4 rings (SSSR count). The zero-order valence-electron chi connectivity index (χ0n) is 9.78. The zero-order valence-corrected chi connectivity index (χ0v) is 9.78. The van der Waals surface area contributed by atoms with Gasteiger partial charge in [-0.15, -0.1) is 0 Å². The van der Waals surface area contributed by atoms with Gasteiger partial charge in [-0.1, -0.05) is 48.5 Å². The Morgan fingerprint density at radius 1 is 0.778 bits per heavy atom. The summed E-state index contributed by atoms with van der Waals surface area (Å²) < 4.78 is 14.1. The maximum Gasteiger partial charge on any atom is 0.131 e. The monoisotopic (exact) mass is 234 g/mol. The van der Waals surface area contributed by atoms with Gasteiger partial charge >= 0.3 is 0 Å². The van der Waals surface area contributed by atoms with Crippen molar-refractivity contribution in [2.75, 3.05) is 0 Å². The average molecular weight is 234 g/mol. The van der Waals surface area contributed by atoms with E-state index in [0.717, 1.165) is 22.8 Å². The molecule has 0 aliphatic heterocycles. The predicted molar refractivity (Wildman–Crippen MR) is 72.1 cm³/mol. The van der Waals surface area contributed by atoms with Crippen molar-refractivity contribution in [3.8, 4) is 11.1 Å². The van der Waals surface area contributed by atoms with Crippen LogP contribution >= 0.6 is 0 Å². The molecule has 0 nitrogen and oxygen atoms in total. The highest BCUT2D eigenvalue weighted by Gasteiger charge is 2.21. The summed E-state index contributed by atoms with van der Waals surface area (Å²) in [6.45, 7) is 0. The van der Waals surface area contributed by atoms with Gasteiger partial charge in [0.1, 0.15) is 5.82 Å². The van der Waals surface area contributed by atoms with Crippen LogP contribution in [-0.2, 0) is 6.42 Å². The number of rotatable bonds is 0. The van der Waals surface area contributed by atoms with Gasteiger partial charge in [-0.3, -0.25) is 0 Å². The molecule has 0 spiro atoms. The summed E-state index contributed by atoms with van der Waals surface area (Å²) in [6, 6.07) is 17.8. The van der Waals surface area contributed by atoms with E-state index >= 15 is 0 Å². The first-order valence-corrected chi connectivity index (χ1v) is 6.13. The molecule has 1 aliphatic carbocycles. The summed E-state index contributed by atoms with van der Waals surface area (Å²) >= 11 is 0. The Morgan fingerprint density at radius 2 is 1.67 bits per heavy atom. The van der Waals surface area contributed by atoms with Crippen LogP contribution in [0, 0.1) is 5.82 Å². The molecule has 1 aliphatic rings. The van der Waals surface area contributed by atoms with Crippen molar-refractivity contribution >= 4 is 10.8 Å². The van der Waals surface area contributed by atoms with Crippen LogP contribution in [0.3, 0.4) is 0 Å². The van der Waals surface area contributed by atoms with Crippen molar-refractivity contribution in [3.63, 3.8) is 0 Å². The Hall–Kier alpha value is -2.15. The number of benzene rings is 3. The van der Waals surface area contributed by atoms with Crippen LogP contribution in [0.5, 0.6) is 0 Å². The molecule has 1 heteroatoms. The van der Waals surface area contributed by atoms with Gasteiger partial charge in [-0.2, -0.15) is 0 Å². The molecule has 0 saturated heterocycles. The fraction of sp³-hybridized carbons (Fsp3) is 0.0588. The average Bonchev–Trinajstić information content (AvgIpc) is 2.77. The molecule has 0 radical (unpaired) electrons.